The van der Waals surface area contributed by atoms with Gasteiger partial charge >= 0.3 is 0 Å². The summed E-state index contributed by atoms with van der Waals surface area (Å²) in [7, 11) is 0. The van der Waals surface area contributed by atoms with Crippen molar-refractivity contribution >= 4 is 11.6 Å². The van der Waals surface area contributed by atoms with Crippen LogP contribution in [-0.2, 0) is 4.79 Å². The van der Waals surface area contributed by atoms with Crippen LogP contribution in [0.2, 0.25) is 0 Å². The summed E-state index contributed by atoms with van der Waals surface area (Å²) >= 11 is 0. The van der Waals surface area contributed by atoms with Gasteiger partial charge < -0.3 is 4.90 Å². The molecule has 1 saturated heterocycles. The van der Waals surface area contributed by atoms with E-state index in [0.717, 1.165) is 63.6 Å². The van der Waals surface area contributed by atoms with Crippen LogP contribution < -0.4 is 4.90 Å². The quantitative estimate of drug-likeness (QED) is 0.843. The number of hydrogen-bond donors (Lipinski definition) is 0. The first-order chi connectivity index (χ1) is 9.81. The fraction of sp³-hybridized carbons (Fsp3) is 0.625. The molecule has 1 saturated carbocycles. The molecule has 0 spiro atoms. The number of nitrogens with zero attached hydrogens (tertiary/aromatic N) is 3. The number of pyridine rings is 1. The third-order valence-electron chi connectivity index (χ3n) is 4.52. The number of carbonyl (C=O) groups is 1. The Morgan fingerprint density at radius 3 is 2.50 bits per heavy atom. The molecule has 2 heterocycles. The maximum Gasteiger partial charge on any atom is 0.132 e. The highest BCUT2D eigenvalue weighted by Gasteiger charge is 2.23. The standard InChI is InChI=1S/C16H23N3O/c20-15-6-4-14(5-7-15)13-18-9-11-19(12-10-18)16-3-1-2-8-17-16/h1-3,8,14H,4-7,9-13H2. The van der Waals surface area contributed by atoms with Gasteiger partial charge in [-0.3, -0.25) is 9.69 Å². The predicted molar refractivity (Wildman–Crippen MR) is 79.9 cm³/mol. The van der Waals surface area contributed by atoms with E-state index in [-0.39, 0.29) is 0 Å². The number of hydrogen-bond acceptors (Lipinski definition) is 4. The molecule has 1 aromatic rings. The van der Waals surface area contributed by atoms with Gasteiger partial charge in [-0.05, 0) is 30.9 Å². The Labute approximate surface area is 120 Å². The minimum Gasteiger partial charge on any atom is -0.354 e. The molecule has 0 radical (unpaired) electrons. The van der Waals surface area contributed by atoms with Crippen LogP contribution in [0, 0.1) is 5.92 Å². The molecule has 2 fully saturated rings. The first-order valence-electron chi connectivity index (χ1n) is 7.71. The zero-order valence-electron chi connectivity index (χ0n) is 12.0. The molecule has 1 aliphatic carbocycles. The van der Waals surface area contributed by atoms with Crippen molar-refractivity contribution in [3.63, 3.8) is 0 Å². The summed E-state index contributed by atoms with van der Waals surface area (Å²) in [6.07, 6.45) is 5.66. The molecule has 108 valence electrons. The molecule has 0 amide bonds. The Bertz CT molecular complexity index is 430. The lowest BCUT2D eigenvalue weighted by Crippen LogP contribution is -2.48. The molecule has 1 aliphatic heterocycles. The fourth-order valence-corrected chi connectivity index (χ4v) is 3.25. The molecule has 4 nitrogen and oxygen atoms in total. The van der Waals surface area contributed by atoms with Crippen LogP contribution >= 0.6 is 0 Å². The van der Waals surface area contributed by atoms with Crippen molar-refractivity contribution in [3.05, 3.63) is 24.4 Å². The molecule has 2 aliphatic rings. The normalized spacial score (nSPS) is 22.2. The topological polar surface area (TPSA) is 36.4 Å². The Hall–Kier alpha value is -1.42. The number of carbonyl (C=O) groups excluding carboxylic acids is 1. The van der Waals surface area contributed by atoms with Crippen LogP contribution in [0.3, 0.4) is 0 Å². The average molecular weight is 273 g/mol. The van der Waals surface area contributed by atoms with Gasteiger partial charge in [-0.15, -0.1) is 0 Å². The van der Waals surface area contributed by atoms with Gasteiger partial charge in [0.05, 0.1) is 0 Å². The lowest BCUT2D eigenvalue weighted by Gasteiger charge is -2.37. The Morgan fingerprint density at radius 1 is 1.10 bits per heavy atom. The zero-order valence-corrected chi connectivity index (χ0v) is 12.0. The highest BCUT2D eigenvalue weighted by Crippen LogP contribution is 2.23. The third kappa shape index (κ3) is 3.37. The minimum atomic E-state index is 0.459. The SMILES string of the molecule is O=C1CCC(CN2CCN(c3ccccn3)CC2)CC1. The summed E-state index contributed by atoms with van der Waals surface area (Å²) in [4.78, 5) is 20.6. The highest BCUT2D eigenvalue weighted by atomic mass is 16.1. The first kappa shape index (κ1) is 13.6. The van der Waals surface area contributed by atoms with Gasteiger partial charge in [-0.25, -0.2) is 4.98 Å². The Morgan fingerprint density at radius 2 is 1.85 bits per heavy atom. The van der Waals surface area contributed by atoms with Gasteiger partial charge in [0.1, 0.15) is 11.6 Å². The Balaban J connectivity index is 1.46. The number of anilines is 1. The number of piperazine rings is 1. The first-order valence-corrected chi connectivity index (χ1v) is 7.71. The van der Waals surface area contributed by atoms with Gasteiger partial charge in [0.15, 0.2) is 0 Å². The van der Waals surface area contributed by atoms with Crippen LogP contribution in [0.15, 0.2) is 24.4 Å². The van der Waals surface area contributed by atoms with Crippen molar-refractivity contribution in [1.82, 2.24) is 9.88 Å². The second-order valence-corrected chi connectivity index (χ2v) is 5.96. The van der Waals surface area contributed by atoms with E-state index in [9.17, 15) is 4.79 Å². The molecular weight excluding hydrogens is 250 g/mol. The van der Waals surface area contributed by atoms with Crippen molar-refractivity contribution in [3.8, 4) is 0 Å². The van der Waals surface area contributed by atoms with E-state index in [2.05, 4.69) is 20.9 Å². The Kier molecular flexibility index (Phi) is 4.31. The van der Waals surface area contributed by atoms with E-state index >= 15 is 0 Å². The maximum absolute atomic E-state index is 11.3. The van der Waals surface area contributed by atoms with Crippen LogP contribution in [0.1, 0.15) is 25.7 Å². The summed E-state index contributed by atoms with van der Waals surface area (Å²) < 4.78 is 0. The van der Waals surface area contributed by atoms with Crippen LogP contribution in [0.25, 0.3) is 0 Å². The van der Waals surface area contributed by atoms with E-state index < -0.39 is 0 Å². The number of Topliss-reactive ketones (excluding diaryl/α,β-unsaturated/α-hetero) is 1. The summed E-state index contributed by atoms with van der Waals surface area (Å²) in [6.45, 7) is 5.51. The van der Waals surface area contributed by atoms with Crippen molar-refractivity contribution < 1.29 is 4.79 Å². The molecule has 0 atom stereocenters. The highest BCUT2D eigenvalue weighted by molar-refractivity contribution is 5.79. The molecule has 0 bridgehead atoms. The average Bonchev–Trinajstić information content (AvgIpc) is 2.51. The van der Waals surface area contributed by atoms with E-state index in [0.29, 0.717) is 5.78 Å². The van der Waals surface area contributed by atoms with Crippen molar-refractivity contribution in [2.24, 2.45) is 5.92 Å². The van der Waals surface area contributed by atoms with Crippen LogP contribution in [0.5, 0.6) is 0 Å². The van der Waals surface area contributed by atoms with E-state index in [1.807, 2.05) is 18.3 Å². The molecule has 1 aromatic heterocycles. The largest absolute Gasteiger partial charge is 0.354 e. The second kappa shape index (κ2) is 6.35. The maximum atomic E-state index is 11.3. The summed E-state index contributed by atoms with van der Waals surface area (Å²) in [5, 5.41) is 0. The van der Waals surface area contributed by atoms with E-state index in [1.165, 1.54) is 6.54 Å². The van der Waals surface area contributed by atoms with Gasteiger partial charge in [0.2, 0.25) is 0 Å². The molecule has 20 heavy (non-hydrogen) atoms. The summed E-state index contributed by atoms with van der Waals surface area (Å²) in [6, 6.07) is 6.10. The molecule has 0 unspecified atom stereocenters. The number of rotatable bonds is 3. The second-order valence-electron chi connectivity index (χ2n) is 5.96. The molecule has 0 N–H and O–H groups in total. The lowest BCUT2D eigenvalue weighted by atomic mass is 9.88. The van der Waals surface area contributed by atoms with Gasteiger partial charge in [-0.2, -0.15) is 0 Å². The number of aromatic nitrogens is 1. The van der Waals surface area contributed by atoms with E-state index in [4.69, 9.17) is 0 Å². The zero-order chi connectivity index (χ0) is 13.8. The van der Waals surface area contributed by atoms with Crippen molar-refractivity contribution in [1.29, 1.82) is 0 Å². The molecule has 3 rings (SSSR count). The monoisotopic (exact) mass is 273 g/mol. The van der Waals surface area contributed by atoms with Crippen molar-refractivity contribution in [2.45, 2.75) is 25.7 Å². The molecule has 0 aromatic carbocycles. The summed E-state index contributed by atoms with van der Waals surface area (Å²) in [5.74, 6) is 2.28. The summed E-state index contributed by atoms with van der Waals surface area (Å²) in [5.41, 5.74) is 0. The lowest BCUT2D eigenvalue weighted by molar-refractivity contribution is -0.121. The van der Waals surface area contributed by atoms with Gasteiger partial charge in [-0.1, -0.05) is 6.07 Å². The van der Waals surface area contributed by atoms with Crippen LogP contribution in [0.4, 0.5) is 5.82 Å². The van der Waals surface area contributed by atoms with Gasteiger partial charge in [0.25, 0.3) is 0 Å². The smallest absolute Gasteiger partial charge is 0.132 e. The van der Waals surface area contributed by atoms with Crippen LogP contribution in [-0.4, -0.2) is 48.4 Å². The fourth-order valence-electron chi connectivity index (χ4n) is 3.25. The van der Waals surface area contributed by atoms with Gasteiger partial charge in [0, 0.05) is 51.8 Å². The number of ketones is 1. The van der Waals surface area contributed by atoms with E-state index in [1.54, 1.807) is 0 Å². The van der Waals surface area contributed by atoms with Crippen molar-refractivity contribution in [2.75, 3.05) is 37.6 Å². The molecule has 4 heteroatoms. The minimum absolute atomic E-state index is 0.459. The molecular formula is C16H23N3O. The predicted octanol–water partition coefficient (Wildman–Crippen LogP) is 1.96. The third-order valence-corrected chi connectivity index (χ3v) is 4.52.